The summed E-state index contributed by atoms with van der Waals surface area (Å²) in [6, 6.07) is 5.33. The molecule has 0 aromatic carbocycles. The molecule has 5 nitrogen and oxygen atoms in total. The molecule has 2 fully saturated rings. The molecule has 18 heavy (non-hydrogen) atoms. The number of nitrogens with zero attached hydrogens (tertiary/aromatic N) is 2. The van der Waals surface area contributed by atoms with Crippen molar-refractivity contribution in [1.29, 1.82) is 0 Å². The summed E-state index contributed by atoms with van der Waals surface area (Å²) in [7, 11) is 0. The third-order valence-corrected chi connectivity index (χ3v) is 4.13. The van der Waals surface area contributed by atoms with E-state index < -0.39 is 11.7 Å². The van der Waals surface area contributed by atoms with E-state index in [1.54, 1.807) is 6.20 Å². The van der Waals surface area contributed by atoms with E-state index in [1.165, 1.54) is 4.90 Å². The van der Waals surface area contributed by atoms with E-state index in [2.05, 4.69) is 4.98 Å². The maximum atomic E-state index is 11.2. The Balaban J connectivity index is 1.89. The third-order valence-electron chi connectivity index (χ3n) is 4.13. The molecule has 0 saturated carbocycles. The lowest BCUT2D eigenvalue weighted by atomic mass is 9.83. The molecule has 96 valence electrons. The summed E-state index contributed by atoms with van der Waals surface area (Å²) >= 11 is 0. The minimum absolute atomic E-state index is 0.0757. The summed E-state index contributed by atoms with van der Waals surface area (Å²) in [5.74, 6) is 0. The van der Waals surface area contributed by atoms with Crippen LogP contribution in [0.25, 0.3) is 0 Å². The van der Waals surface area contributed by atoms with Crippen LogP contribution < -0.4 is 0 Å². The molecule has 0 radical (unpaired) electrons. The highest BCUT2D eigenvalue weighted by molar-refractivity contribution is 5.66. The second kappa shape index (κ2) is 3.95. The molecular weight excluding hydrogens is 232 g/mol. The van der Waals surface area contributed by atoms with Crippen LogP contribution in [-0.2, 0) is 5.60 Å². The van der Waals surface area contributed by atoms with Gasteiger partial charge in [0.25, 0.3) is 0 Å². The molecule has 1 aromatic heterocycles. The van der Waals surface area contributed by atoms with Gasteiger partial charge in [-0.05, 0) is 25.0 Å². The number of amides is 1. The maximum Gasteiger partial charge on any atom is 0.407 e. The standard InChI is InChI=1S/C13H16N2O3/c16-12(17)15-9-4-5-10(15)8-13(18,7-9)11-3-1-2-6-14-11/h1-3,6,9-10,18H,4-5,7-8H2,(H,16,17). The molecule has 2 aliphatic rings. The summed E-state index contributed by atoms with van der Waals surface area (Å²) < 4.78 is 0. The van der Waals surface area contributed by atoms with Crippen molar-refractivity contribution in [2.24, 2.45) is 0 Å². The van der Waals surface area contributed by atoms with E-state index in [-0.39, 0.29) is 12.1 Å². The highest BCUT2D eigenvalue weighted by atomic mass is 16.4. The summed E-state index contributed by atoms with van der Waals surface area (Å²) in [6.07, 6.45) is 3.38. The Hall–Kier alpha value is -1.62. The van der Waals surface area contributed by atoms with Gasteiger partial charge in [-0.2, -0.15) is 0 Å². The molecule has 0 spiro atoms. The van der Waals surface area contributed by atoms with E-state index in [4.69, 9.17) is 0 Å². The van der Waals surface area contributed by atoms with Gasteiger partial charge in [-0.3, -0.25) is 4.98 Å². The molecule has 0 aliphatic carbocycles. The second-order valence-corrected chi connectivity index (χ2v) is 5.23. The van der Waals surface area contributed by atoms with Crippen LogP contribution in [0.4, 0.5) is 4.79 Å². The van der Waals surface area contributed by atoms with Gasteiger partial charge in [0.1, 0.15) is 5.60 Å². The molecule has 2 N–H and O–H groups in total. The van der Waals surface area contributed by atoms with Gasteiger partial charge in [0.2, 0.25) is 0 Å². The van der Waals surface area contributed by atoms with Gasteiger partial charge in [0.05, 0.1) is 5.69 Å². The molecule has 2 atom stereocenters. The zero-order valence-corrected chi connectivity index (χ0v) is 9.99. The van der Waals surface area contributed by atoms with Crippen molar-refractivity contribution in [3.05, 3.63) is 30.1 Å². The quantitative estimate of drug-likeness (QED) is 0.791. The Kier molecular flexibility index (Phi) is 2.52. The van der Waals surface area contributed by atoms with Crippen LogP contribution in [-0.4, -0.2) is 38.3 Å². The van der Waals surface area contributed by atoms with Crippen LogP contribution in [0.5, 0.6) is 0 Å². The molecule has 2 aliphatic heterocycles. The Morgan fingerprint density at radius 2 is 2.00 bits per heavy atom. The fourth-order valence-corrected chi connectivity index (χ4v) is 3.38. The largest absolute Gasteiger partial charge is 0.465 e. The Morgan fingerprint density at radius 3 is 2.50 bits per heavy atom. The van der Waals surface area contributed by atoms with Crippen molar-refractivity contribution in [1.82, 2.24) is 9.88 Å². The lowest BCUT2D eigenvalue weighted by Gasteiger charge is -2.42. The van der Waals surface area contributed by atoms with Crippen LogP contribution in [0.1, 0.15) is 31.4 Å². The molecule has 1 amide bonds. The van der Waals surface area contributed by atoms with E-state index in [9.17, 15) is 15.0 Å². The smallest absolute Gasteiger partial charge is 0.407 e. The van der Waals surface area contributed by atoms with Gasteiger partial charge in [0, 0.05) is 31.1 Å². The van der Waals surface area contributed by atoms with Gasteiger partial charge < -0.3 is 15.1 Å². The van der Waals surface area contributed by atoms with Crippen molar-refractivity contribution >= 4 is 6.09 Å². The first-order chi connectivity index (χ1) is 8.60. The topological polar surface area (TPSA) is 73.7 Å². The number of piperidine rings is 1. The van der Waals surface area contributed by atoms with Crippen LogP contribution in [0.15, 0.2) is 24.4 Å². The lowest BCUT2D eigenvalue weighted by Crippen LogP contribution is -2.51. The fourth-order valence-electron chi connectivity index (χ4n) is 3.38. The zero-order valence-electron chi connectivity index (χ0n) is 9.99. The number of carbonyl (C=O) groups is 1. The monoisotopic (exact) mass is 248 g/mol. The zero-order chi connectivity index (χ0) is 12.8. The number of hydrogen-bond donors (Lipinski definition) is 2. The Labute approximate surface area is 105 Å². The number of rotatable bonds is 1. The van der Waals surface area contributed by atoms with Crippen molar-refractivity contribution in [2.75, 3.05) is 0 Å². The van der Waals surface area contributed by atoms with Gasteiger partial charge in [0.15, 0.2) is 0 Å². The number of hydrogen-bond acceptors (Lipinski definition) is 3. The van der Waals surface area contributed by atoms with Gasteiger partial charge in [-0.15, -0.1) is 0 Å². The van der Waals surface area contributed by atoms with E-state index >= 15 is 0 Å². The number of carboxylic acid groups (broad SMARTS) is 1. The number of pyridine rings is 1. The Morgan fingerprint density at radius 1 is 1.33 bits per heavy atom. The lowest BCUT2D eigenvalue weighted by molar-refractivity contribution is -0.0521. The third kappa shape index (κ3) is 1.66. The summed E-state index contributed by atoms with van der Waals surface area (Å²) in [6.45, 7) is 0. The highest BCUT2D eigenvalue weighted by Crippen LogP contribution is 2.44. The normalized spacial score (nSPS) is 34.6. The van der Waals surface area contributed by atoms with Crippen molar-refractivity contribution in [3.8, 4) is 0 Å². The molecule has 5 heteroatoms. The molecule has 1 aromatic rings. The fraction of sp³-hybridized carbons (Fsp3) is 0.538. The SMILES string of the molecule is O=C(O)N1C2CCC1CC(O)(c1ccccn1)C2. The highest BCUT2D eigenvalue weighted by Gasteiger charge is 2.50. The average molecular weight is 248 g/mol. The minimum atomic E-state index is -0.973. The second-order valence-electron chi connectivity index (χ2n) is 5.23. The van der Waals surface area contributed by atoms with Crippen LogP contribution in [0.3, 0.4) is 0 Å². The van der Waals surface area contributed by atoms with E-state index in [0.717, 1.165) is 12.8 Å². The van der Waals surface area contributed by atoms with Crippen molar-refractivity contribution in [2.45, 2.75) is 43.4 Å². The number of aliphatic hydroxyl groups is 1. The van der Waals surface area contributed by atoms with Crippen molar-refractivity contribution in [3.63, 3.8) is 0 Å². The average Bonchev–Trinajstić information content (AvgIpc) is 2.64. The van der Waals surface area contributed by atoms with Crippen LogP contribution in [0.2, 0.25) is 0 Å². The van der Waals surface area contributed by atoms with Crippen LogP contribution >= 0.6 is 0 Å². The molecule has 3 rings (SSSR count). The summed E-state index contributed by atoms with van der Waals surface area (Å²) in [5.41, 5.74) is -0.314. The van der Waals surface area contributed by atoms with E-state index in [1.807, 2.05) is 18.2 Å². The number of fused-ring (bicyclic) bond motifs is 2. The first kappa shape index (κ1) is 11.5. The van der Waals surface area contributed by atoms with Crippen LogP contribution in [0, 0.1) is 0 Å². The van der Waals surface area contributed by atoms with Gasteiger partial charge in [-0.1, -0.05) is 6.07 Å². The molecule has 2 bridgehead atoms. The molecule has 2 unspecified atom stereocenters. The summed E-state index contributed by atoms with van der Waals surface area (Å²) in [4.78, 5) is 16.9. The minimum Gasteiger partial charge on any atom is -0.465 e. The molecule has 3 heterocycles. The summed E-state index contributed by atoms with van der Waals surface area (Å²) in [5, 5.41) is 19.9. The van der Waals surface area contributed by atoms with E-state index in [0.29, 0.717) is 18.5 Å². The predicted octanol–water partition coefficient (Wildman–Crippen LogP) is 1.57. The van der Waals surface area contributed by atoms with Crippen molar-refractivity contribution < 1.29 is 15.0 Å². The van der Waals surface area contributed by atoms with Gasteiger partial charge >= 0.3 is 6.09 Å². The molecular formula is C13H16N2O3. The number of aromatic nitrogens is 1. The Bertz CT molecular complexity index is 449. The maximum absolute atomic E-state index is 11.2. The first-order valence-corrected chi connectivity index (χ1v) is 6.25. The predicted molar refractivity (Wildman–Crippen MR) is 64.0 cm³/mol. The molecule has 2 saturated heterocycles. The first-order valence-electron chi connectivity index (χ1n) is 6.25. The van der Waals surface area contributed by atoms with Gasteiger partial charge in [-0.25, -0.2) is 4.79 Å².